The molecule has 0 aliphatic carbocycles. The van der Waals surface area contributed by atoms with Gasteiger partial charge in [-0.3, -0.25) is 14.2 Å². The van der Waals surface area contributed by atoms with Crippen LogP contribution in [0, 0.1) is 0 Å². The number of hydrogen-bond donors (Lipinski definition) is 4. The number of aliphatic hydroxyl groups is 2. The normalized spacial score (nSPS) is 29.5. The van der Waals surface area contributed by atoms with E-state index in [1.807, 2.05) is 0 Å². The number of nitrogens with one attached hydrogen (secondary N) is 2. The maximum Gasteiger partial charge on any atom is 0.459 e. The summed E-state index contributed by atoms with van der Waals surface area (Å²) in [6.07, 6.45) is -2.71. The minimum atomic E-state index is -4.30. The number of ether oxygens (including phenoxy) is 3. The van der Waals surface area contributed by atoms with E-state index >= 15 is 0 Å². The van der Waals surface area contributed by atoms with Gasteiger partial charge in [-0.15, -0.1) is 11.6 Å². The second-order valence-electron chi connectivity index (χ2n) is 9.17. The van der Waals surface area contributed by atoms with Gasteiger partial charge in [-0.1, -0.05) is 6.07 Å². The van der Waals surface area contributed by atoms with Crippen LogP contribution in [0.1, 0.15) is 20.8 Å². The van der Waals surface area contributed by atoms with Crippen LogP contribution in [0.5, 0.6) is 11.5 Å². The molecule has 3 rings (SSSR count). The molecule has 1 saturated heterocycles. The van der Waals surface area contributed by atoms with E-state index in [1.165, 1.54) is 46.3 Å². The van der Waals surface area contributed by atoms with Gasteiger partial charge in [-0.2, -0.15) is 5.09 Å². The molecule has 2 heterocycles. The largest absolute Gasteiger partial charge is 0.497 e. The first-order chi connectivity index (χ1) is 17.8. The molecule has 2 aliphatic heterocycles. The molecule has 7 atom stereocenters. The summed E-state index contributed by atoms with van der Waals surface area (Å²) in [5.41, 5.74) is 0. The van der Waals surface area contributed by atoms with Gasteiger partial charge >= 0.3 is 19.7 Å². The lowest BCUT2D eigenvalue weighted by Gasteiger charge is -2.35. The SMILES string of the molecule is B[C@]1(Cl)[C@H](O)[C@@H](COP(=O)(N[C@@H](C)C(=O)OC(C)C)Oc2cccc(OC)c2)O[C@H]1N1C=CC(O)NC1=O. The zero-order chi connectivity index (χ0) is 28.3. The zero-order valence-corrected chi connectivity index (χ0v) is 23.2. The van der Waals surface area contributed by atoms with Crippen molar-refractivity contribution in [1.29, 1.82) is 0 Å². The van der Waals surface area contributed by atoms with E-state index in [9.17, 15) is 24.4 Å². The Morgan fingerprint density at radius 1 is 1.34 bits per heavy atom. The lowest BCUT2D eigenvalue weighted by Crippen LogP contribution is -2.56. The lowest BCUT2D eigenvalue weighted by atomic mass is 9.79. The predicted octanol–water partition coefficient (Wildman–Crippen LogP) is 0.640. The maximum atomic E-state index is 13.8. The van der Waals surface area contributed by atoms with Crippen LogP contribution in [0.25, 0.3) is 0 Å². The molecule has 2 amide bonds. The second kappa shape index (κ2) is 12.2. The first-order valence-corrected chi connectivity index (χ1v) is 13.7. The number of amides is 2. The fourth-order valence-corrected chi connectivity index (χ4v) is 5.50. The van der Waals surface area contributed by atoms with Crippen molar-refractivity contribution in [1.82, 2.24) is 15.3 Å². The van der Waals surface area contributed by atoms with E-state index in [4.69, 9.17) is 34.9 Å². The molecule has 38 heavy (non-hydrogen) atoms. The minimum absolute atomic E-state index is 0.117. The quantitative estimate of drug-likeness (QED) is 0.127. The number of nitrogens with zero attached hydrogens (tertiary/aromatic N) is 1. The summed E-state index contributed by atoms with van der Waals surface area (Å²) < 4.78 is 39.7. The Morgan fingerprint density at radius 2 is 2.03 bits per heavy atom. The summed E-state index contributed by atoms with van der Waals surface area (Å²) in [6.45, 7) is 4.27. The number of carbonyl (C=O) groups excluding carboxylic acids is 2. The monoisotopic (exact) mass is 575 g/mol. The van der Waals surface area contributed by atoms with Gasteiger partial charge in [0.2, 0.25) is 0 Å². The van der Waals surface area contributed by atoms with E-state index in [-0.39, 0.29) is 5.75 Å². The number of alkyl halides is 1. The number of halogens is 1. The molecule has 1 aromatic carbocycles. The summed E-state index contributed by atoms with van der Waals surface area (Å²) in [4.78, 5) is 25.8. The van der Waals surface area contributed by atoms with E-state index < -0.39 is 67.9 Å². The number of methoxy groups -OCH3 is 1. The summed E-state index contributed by atoms with van der Waals surface area (Å²) >= 11 is 6.56. The van der Waals surface area contributed by atoms with Gasteiger partial charge in [0.05, 0.1) is 30.7 Å². The molecule has 1 aromatic rings. The molecule has 0 spiro atoms. The Bertz CT molecular complexity index is 1090. The fourth-order valence-electron chi connectivity index (χ4n) is 3.71. The van der Waals surface area contributed by atoms with E-state index in [0.29, 0.717) is 5.75 Å². The standard InChI is InChI=1S/C22H32BClN3O10P/c1-12(2)35-19(30)13(3)26-38(32,37-15-7-5-6-14(10-15)33-4)34-11-16-18(29)22(23,24)20(36-16)27-9-8-17(28)25-21(27)31/h5-10,12-13,16-18,20,28-29H,11,23H2,1-4H3,(H,25,31)(H,26,32)/t13-,16+,17?,18+,20+,22-,38?/m0/s1. The van der Waals surface area contributed by atoms with Crippen LogP contribution >= 0.6 is 19.3 Å². The van der Waals surface area contributed by atoms with Gasteiger partial charge in [-0.25, -0.2) is 9.36 Å². The van der Waals surface area contributed by atoms with Gasteiger partial charge in [0.25, 0.3) is 0 Å². The van der Waals surface area contributed by atoms with Crippen molar-refractivity contribution in [3.63, 3.8) is 0 Å². The lowest BCUT2D eigenvalue weighted by molar-refractivity contribution is -0.149. The molecule has 0 saturated carbocycles. The molecule has 4 N–H and O–H groups in total. The average Bonchev–Trinajstić information content (AvgIpc) is 3.06. The Morgan fingerprint density at radius 3 is 2.66 bits per heavy atom. The molecule has 0 aromatic heterocycles. The smallest absolute Gasteiger partial charge is 0.459 e. The number of hydrogen-bond acceptors (Lipinski definition) is 10. The minimum Gasteiger partial charge on any atom is -0.497 e. The highest BCUT2D eigenvalue weighted by atomic mass is 35.5. The zero-order valence-electron chi connectivity index (χ0n) is 21.6. The third kappa shape index (κ3) is 7.20. The molecule has 0 bridgehead atoms. The molecule has 2 unspecified atom stereocenters. The van der Waals surface area contributed by atoms with Crippen molar-refractivity contribution in [2.45, 2.75) is 62.4 Å². The first-order valence-electron chi connectivity index (χ1n) is 11.8. The molecule has 0 radical (unpaired) electrons. The molecular formula is C22H32BClN3O10P. The summed E-state index contributed by atoms with van der Waals surface area (Å²) in [6, 6.07) is 4.45. The topological polar surface area (TPSA) is 165 Å². The van der Waals surface area contributed by atoms with Gasteiger partial charge in [0, 0.05) is 12.3 Å². The van der Waals surface area contributed by atoms with Crippen molar-refractivity contribution in [3.05, 3.63) is 36.5 Å². The van der Waals surface area contributed by atoms with E-state index in [2.05, 4.69) is 10.4 Å². The number of carbonyl (C=O) groups is 2. The number of esters is 1. The van der Waals surface area contributed by atoms with E-state index in [1.54, 1.807) is 26.0 Å². The highest BCUT2D eigenvalue weighted by Crippen LogP contribution is 2.47. The maximum absolute atomic E-state index is 13.8. The van der Waals surface area contributed by atoms with Crippen LogP contribution < -0.4 is 19.7 Å². The number of aliphatic hydroxyl groups excluding tert-OH is 2. The van der Waals surface area contributed by atoms with Crippen LogP contribution in [0.15, 0.2) is 36.5 Å². The fraction of sp³-hybridized carbons (Fsp3) is 0.545. The van der Waals surface area contributed by atoms with Gasteiger partial charge in [-0.05, 0) is 39.0 Å². The highest BCUT2D eigenvalue weighted by Gasteiger charge is 2.55. The van der Waals surface area contributed by atoms with E-state index in [0.717, 1.165) is 4.90 Å². The third-order valence-corrected chi connectivity index (χ3v) is 7.69. The summed E-state index contributed by atoms with van der Waals surface area (Å²) in [7, 11) is -1.38. The molecular weight excluding hydrogens is 543 g/mol. The molecule has 13 nitrogen and oxygen atoms in total. The molecule has 2 aliphatic rings. The summed E-state index contributed by atoms with van der Waals surface area (Å²) in [5, 5.41) is 25.3. The molecule has 210 valence electrons. The van der Waals surface area contributed by atoms with Crippen molar-refractivity contribution in [3.8, 4) is 11.5 Å². The van der Waals surface area contributed by atoms with Gasteiger partial charge in [0.1, 0.15) is 37.7 Å². The van der Waals surface area contributed by atoms with Gasteiger partial charge in [0.15, 0.2) is 6.23 Å². The first kappa shape index (κ1) is 30.2. The average molecular weight is 576 g/mol. The highest BCUT2D eigenvalue weighted by molar-refractivity contribution is 7.52. The van der Waals surface area contributed by atoms with Crippen molar-refractivity contribution in [2.24, 2.45) is 0 Å². The molecule has 1 fully saturated rings. The predicted molar refractivity (Wildman–Crippen MR) is 138 cm³/mol. The van der Waals surface area contributed by atoms with Crippen LogP contribution in [0.3, 0.4) is 0 Å². The van der Waals surface area contributed by atoms with Crippen LogP contribution in [0.4, 0.5) is 4.79 Å². The van der Waals surface area contributed by atoms with Crippen molar-refractivity contribution < 1.29 is 47.6 Å². The van der Waals surface area contributed by atoms with Crippen molar-refractivity contribution >= 4 is 39.2 Å². The molecule has 16 heteroatoms. The number of benzene rings is 1. The Hall–Kier alpha value is -2.32. The number of urea groups is 1. The van der Waals surface area contributed by atoms with Crippen LogP contribution in [0.2, 0.25) is 0 Å². The third-order valence-electron chi connectivity index (χ3n) is 5.64. The van der Waals surface area contributed by atoms with Gasteiger partial charge < -0.3 is 34.3 Å². The Kier molecular flexibility index (Phi) is 9.74. The Labute approximate surface area is 226 Å². The van der Waals surface area contributed by atoms with Crippen molar-refractivity contribution in [2.75, 3.05) is 13.7 Å². The Balaban J connectivity index is 1.79. The summed E-state index contributed by atoms with van der Waals surface area (Å²) in [5.74, 6) is -0.144. The number of rotatable bonds is 11. The van der Waals surface area contributed by atoms with Crippen LogP contribution in [-0.4, -0.2) is 90.3 Å². The van der Waals surface area contributed by atoms with Crippen LogP contribution in [-0.2, 0) is 23.4 Å². The second-order valence-corrected chi connectivity index (χ2v) is 11.7.